The molecule has 0 aliphatic carbocycles. The topological polar surface area (TPSA) is 72.8 Å². The van der Waals surface area contributed by atoms with Gasteiger partial charge in [0.05, 0.1) is 11.1 Å². The van der Waals surface area contributed by atoms with E-state index in [4.69, 9.17) is 26.2 Å². The molecule has 0 fully saturated rings. The van der Waals surface area contributed by atoms with Gasteiger partial charge in [-0.05, 0) is 37.3 Å². The molecule has 2 rings (SSSR count). The molecule has 6 heteroatoms. The van der Waals surface area contributed by atoms with E-state index in [2.05, 4.69) is 0 Å². The molecule has 23 heavy (non-hydrogen) atoms. The molecule has 0 aromatic heterocycles. The lowest BCUT2D eigenvalue weighted by Crippen LogP contribution is -2.08. The van der Waals surface area contributed by atoms with Gasteiger partial charge in [0, 0.05) is 17.2 Å². The first-order chi connectivity index (χ1) is 11.0. The lowest BCUT2D eigenvalue weighted by Gasteiger charge is -2.11. The largest absolute Gasteiger partial charge is 0.478 e. The third kappa shape index (κ3) is 4.31. The molecule has 2 aromatic carbocycles. The number of ether oxygens (including phenoxy) is 2. The molecule has 0 aliphatic heterocycles. The molecule has 0 atom stereocenters. The van der Waals surface area contributed by atoms with Gasteiger partial charge in [0.25, 0.3) is 0 Å². The second kappa shape index (κ2) is 7.76. The molecule has 0 amide bonds. The van der Waals surface area contributed by atoms with Crippen molar-refractivity contribution in [1.29, 1.82) is 0 Å². The fraction of sp³-hybridized carbons (Fsp3) is 0.176. The maximum atomic E-state index is 12.6. The third-order valence-corrected chi connectivity index (χ3v) is 3.32. The Balaban J connectivity index is 2.30. The zero-order valence-electron chi connectivity index (χ0n) is 12.4. The molecule has 0 radical (unpaired) electrons. The minimum Gasteiger partial charge on any atom is -0.478 e. The molecule has 0 aliphatic rings. The van der Waals surface area contributed by atoms with Gasteiger partial charge in [0.15, 0.2) is 12.6 Å². The minimum atomic E-state index is -1.05. The highest BCUT2D eigenvalue weighted by molar-refractivity contribution is 6.31. The number of carbonyl (C=O) groups excluding carboxylic acids is 1. The summed E-state index contributed by atoms with van der Waals surface area (Å²) in [6.07, 6.45) is 0. The van der Waals surface area contributed by atoms with E-state index in [0.29, 0.717) is 28.5 Å². The van der Waals surface area contributed by atoms with Crippen LogP contribution in [0.25, 0.3) is 0 Å². The van der Waals surface area contributed by atoms with Crippen LogP contribution in [0.3, 0.4) is 0 Å². The summed E-state index contributed by atoms with van der Waals surface area (Å²) in [5.74, 6) is -1.00. The van der Waals surface area contributed by atoms with Crippen molar-refractivity contribution < 1.29 is 24.2 Å². The first-order valence-electron chi connectivity index (χ1n) is 6.91. The molecule has 0 unspecified atom stereocenters. The Hall–Kier alpha value is -2.37. The molecule has 0 bridgehead atoms. The second-order valence-corrected chi connectivity index (χ2v) is 5.04. The number of carbonyl (C=O) groups is 2. The van der Waals surface area contributed by atoms with Gasteiger partial charge in [-0.15, -0.1) is 0 Å². The highest BCUT2D eigenvalue weighted by Crippen LogP contribution is 2.26. The van der Waals surface area contributed by atoms with Gasteiger partial charge in [-0.3, -0.25) is 4.79 Å². The Morgan fingerprint density at radius 3 is 2.35 bits per heavy atom. The standard InChI is InChI=1S/C17H15ClO5/c1-2-22-10-23-15-8-7-13(18)9-14(15)16(19)11-3-5-12(6-4-11)17(20)21/h3-9H,2,10H2,1H3,(H,20,21). The van der Waals surface area contributed by atoms with E-state index in [1.54, 1.807) is 12.1 Å². The Bertz CT molecular complexity index is 709. The molecule has 5 nitrogen and oxygen atoms in total. The Labute approximate surface area is 138 Å². The van der Waals surface area contributed by atoms with Gasteiger partial charge in [0.2, 0.25) is 0 Å². The Kier molecular flexibility index (Phi) is 5.73. The molecule has 1 N–H and O–H groups in total. The van der Waals surface area contributed by atoms with Crippen molar-refractivity contribution in [2.45, 2.75) is 6.92 Å². The van der Waals surface area contributed by atoms with Crippen LogP contribution in [0.2, 0.25) is 5.02 Å². The summed E-state index contributed by atoms with van der Waals surface area (Å²) in [6, 6.07) is 10.4. The Morgan fingerprint density at radius 1 is 1.09 bits per heavy atom. The van der Waals surface area contributed by atoms with Crippen LogP contribution in [0.5, 0.6) is 5.75 Å². The van der Waals surface area contributed by atoms with E-state index in [1.807, 2.05) is 6.92 Å². The van der Waals surface area contributed by atoms with E-state index in [0.717, 1.165) is 0 Å². The average molecular weight is 335 g/mol. The summed E-state index contributed by atoms with van der Waals surface area (Å²) in [6.45, 7) is 2.35. The number of rotatable bonds is 7. The summed E-state index contributed by atoms with van der Waals surface area (Å²) in [7, 11) is 0. The van der Waals surface area contributed by atoms with Crippen molar-refractivity contribution >= 4 is 23.4 Å². The first kappa shape index (κ1) is 17.0. The molecule has 120 valence electrons. The maximum Gasteiger partial charge on any atom is 0.335 e. The number of ketones is 1. The van der Waals surface area contributed by atoms with E-state index in [1.165, 1.54) is 30.3 Å². The fourth-order valence-electron chi connectivity index (χ4n) is 1.91. The molecule has 0 spiro atoms. The predicted octanol–water partition coefficient (Wildman–Crippen LogP) is 3.64. The van der Waals surface area contributed by atoms with Crippen LogP contribution < -0.4 is 4.74 Å². The van der Waals surface area contributed by atoms with Crippen LogP contribution in [0, 0.1) is 0 Å². The highest BCUT2D eigenvalue weighted by Gasteiger charge is 2.16. The van der Waals surface area contributed by atoms with Crippen molar-refractivity contribution in [1.82, 2.24) is 0 Å². The van der Waals surface area contributed by atoms with Gasteiger partial charge in [0.1, 0.15) is 5.75 Å². The first-order valence-corrected chi connectivity index (χ1v) is 7.29. The van der Waals surface area contributed by atoms with E-state index in [-0.39, 0.29) is 18.1 Å². The van der Waals surface area contributed by atoms with Gasteiger partial charge in [-0.2, -0.15) is 0 Å². The second-order valence-electron chi connectivity index (χ2n) is 4.61. The number of carboxylic acids is 1. The number of hydrogen-bond acceptors (Lipinski definition) is 4. The van der Waals surface area contributed by atoms with Crippen LogP contribution in [-0.4, -0.2) is 30.3 Å². The van der Waals surface area contributed by atoms with Crippen LogP contribution >= 0.6 is 11.6 Å². The lowest BCUT2D eigenvalue weighted by atomic mass is 10.0. The minimum absolute atomic E-state index is 0.0242. The summed E-state index contributed by atoms with van der Waals surface area (Å²) in [5.41, 5.74) is 0.749. The number of aromatic carboxylic acids is 1. The monoisotopic (exact) mass is 334 g/mol. The van der Waals surface area contributed by atoms with Gasteiger partial charge < -0.3 is 14.6 Å². The van der Waals surface area contributed by atoms with Gasteiger partial charge in [-0.25, -0.2) is 4.79 Å². The summed E-state index contributed by atoms with van der Waals surface area (Å²) in [4.78, 5) is 23.5. The molecule has 0 saturated heterocycles. The quantitative estimate of drug-likeness (QED) is 0.475. The molecule has 0 heterocycles. The van der Waals surface area contributed by atoms with E-state index in [9.17, 15) is 9.59 Å². The zero-order valence-corrected chi connectivity index (χ0v) is 13.2. The van der Waals surface area contributed by atoms with Crippen molar-refractivity contribution in [3.8, 4) is 5.75 Å². The predicted molar refractivity (Wildman–Crippen MR) is 85.4 cm³/mol. The van der Waals surface area contributed by atoms with E-state index >= 15 is 0 Å². The van der Waals surface area contributed by atoms with Crippen LogP contribution in [0.4, 0.5) is 0 Å². The summed E-state index contributed by atoms with van der Waals surface area (Å²) < 4.78 is 10.6. The van der Waals surface area contributed by atoms with Crippen LogP contribution in [0.1, 0.15) is 33.2 Å². The number of carboxylic acid groups (broad SMARTS) is 1. The maximum absolute atomic E-state index is 12.6. The number of halogens is 1. The number of benzene rings is 2. The Morgan fingerprint density at radius 2 is 1.74 bits per heavy atom. The van der Waals surface area contributed by atoms with Gasteiger partial charge in [-0.1, -0.05) is 23.7 Å². The normalized spacial score (nSPS) is 10.3. The summed E-state index contributed by atoms with van der Waals surface area (Å²) >= 11 is 5.96. The third-order valence-electron chi connectivity index (χ3n) is 3.08. The van der Waals surface area contributed by atoms with E-state index < -0.39 is 5.97 Å². The smallest absolute Gasteiger partial charge is 0.335 e. The van der Waals surface area contributed by atoms with Crippen LogP contribution in [-0.2, 0) is 4.74 Å². The van der Waals surface area contributed by atoms with Crippen molar-refractivity contribution in [3.63, 3.8) is 0 Å². The SMILES string of the molecule is CCOCOc1ccc(Cl)cc1C(=O)c1ccc(C(=O)O)cc1. The molecule has 2 aromatic rings. The highest BCUT2D eigenvalue weighted by atomic mass is 35.5. The fourth-order valence-corrected chi connectivity index (χ4v) is 2.09. The molecule has 0 saturated carbocycles. The van der Waals surface area contributed by atoms with Crippen molar-refractivity contribution in [2.24, 2.45) is 0 Å². The molecular formula is C17H15ClO5. The zero-order chi connectivity index (χ0) is 16.8. The van der Waals surface area contributed by atoms with Crippen molar-refractivity contribution in [2.75, 3.05) is 13.4 Å². The number of hydrogen-bond donors (Lipinski definition) is 1. The summed E-state index contributed by atoms with van der Waals surface area (Å²) in [5, 5.41) is 9.30. The van der Waals surface area contributed by atoms with Crippen molar-refractivity contribution in [3.05, 3.63) is 64.2 Å². The average Bonchev–Trinajstić information content (AvgIpc) is 2.55. The lowest BCUT2D eigenvalue weighted by molar-refractivity contribution is 0.0220. The van der Waals surface area contributed by atoms with Crippen LogP contribution in [0.15, 0.2) is 42.5 Å². The molecular weight excluding hydrogens is 320 g/mol. The van der Waals surface area contributed by atoms with Gasteiger partial charge >= 0.3 is 5.97 Å².